The van der Waals surface area contributed by atoms with E-state index in [1.807, 2.05) is 23.1 Å². The summed E-state index contributed by atoms with van der Waals surface area (Å²) < 4.78 is 14.0. The Labute approximate surface area is 178 Å². The average molecular weight is 411 g/mol. The van der Waals surface area contributed by atoms with Gasteiger partial charge < -0.3 is 10.2 Å². The lowest BCUT2D eigenvalue weighted by Crippen LogP contribution is -2.51. The second-order valence-corrected chi connectivity index (χ2v) is 8.39. The molecule has 0 spiro atoms. The first-order valence-corrected chi connectivity index (χ1v) is 11.1. The van der Waals surface area contributed by atoms with Gasteiger partial charge in [-0.05, 0) is 56.3 Å². The molecule has 1 atom stereocenters. The van der Waals surface area contributed by atoms with Gasteiger partial charge in [-0.3, -0.25) is 9.69 Å². The summed E-state index contributed by atoms with van der Waals surface area (Å²) in [6, 6.07) is 13.8. The van der Waals surface area contributed by atoms with Crippen LogP contribution < -0.4 is 10.2 Å². The number of carbonyl (C=O) groups excluding carboxylic acids is 1. The summed E-state index contributed by atoms with van der Waals surface area (Å²) in [6.07, 6.45) is 6.51. The molecule has 30 heavy (non-hydrogen) atoms. The monoisotopic (exact) mass is 410 g/mol. The Kier molecular flexibility index (Phi) is 6.95. The number of carbonyl (C=O) groups is 1. The van der Waals surface area contributed by atoms with Crippen molar-refractivity contribution in [3.63, 3.8) is 0 Å². The number of aromatic nitrogens is 1. The lowest BCUT2D eigenvalue weighted by Gasteiger charge is -2.42. The Morgan fingerprint density at radius 2 is 1.87 bits per heavy atom. The minimum atomic E-state index is -0.249. The summed E-state index contributed by atoms with van der Waals surface area (Å²) in [5.41, 5.74) is 1.25. The van der Waals surface area contributed by atoms with E-state index in [1.165, 1.54) is 11.6 Å². The number of rotatable bonds is 6. The van der Waals surface area contributed by atoms with Gasteiger partial charge >= 0.3 is 0 Å². The minimum absolute atomic E-state index is 0.0702. The molecule has 0 unspecified atom stereocenters. The number of likely N-dealkylation sites (tertiary alicyclic amines) is 1. The topological polar surface area (TPSA) is 48.5 Å². The Morgan fingerprint density at radius 3 is 2.63 bits per heavy atom. The Bertz CT molecular complexity index is 823. The summed E-state index contributed by atoms with van der Waals surface area (Å²) in [4.78, 5) is 21.4. The first kappa shape index (κ1) is 20.8. The molecule has 2 aliphatic rings. The summed E-state index contributed by atoms with van der Waals surface area (Å²) in [6.45, 7) is 4.19. The molecule has 2 saturated heterocycles. The van der Waals surface area contributed by atoms with Crippen LogP contribution in [-0.4, -0.2) is 54.6 Å². The molecule has 2 aromatic rings. The van der Waals surface area contributed by atoms with E-state index in [2.05, 4.69) is 27.3 Å². The number of hydrogen-bond acceptors (Lipinski definition) is 4. The Balaban J connectivity index is 1.24. The minimum Gasteiger partial charge on any atom is -0.355 e. The van der Waals surface area contributed by atoms with Gasteiger partial charge in [0.05, 0.1) is 5.92 Å². The van der Waals surface area contributed by atoms with Crippen molar-refractivity contribution >= 4 is 11.7 Å². The third-order valence-electron chi connectivity index (χ3n) is 6.40. The molecule has 5 nitrogen and oxygen atoms in total. The zero-order valence-corrected chi connectivity index (χ0v) is 17.5. The molecule has 0 saturated carbocycles. The first-order chi connectivity index (χ1) is 14.7. The van der Waals surface area contributed by atoms with Gasteiger partial charge in [-0.15, -0.1) is 0 Å². The van der Waals surface area contributed by atoms with Crippen molar-refractivity contribution in [2.24, 2.45) is 5.92 Å². The molecule has 0 bridgehead atoms. The number of nitrogens with zero attached hydrogens (tertiary/aromatic N) is 3. The van der Waals surface area contributed by atoms with Gasteiger partial charge in [0.25, 0.3) is 0 Å². The fourth-order valence-corrected chi connectivity index (χ4v) is 4.72. The summed E-state index contributed by atoms with van der Waals surface area (Å²) in [5.74, 6) is 0.468. The van der Waals surface area contributed by atoms with Crippen LogP contribution in [0.5, 0.6) is 0 Å². The fraction of sp³-hybridized carbons (Fsp3) is 0.500. The smallest absolute Gasteiger partial charge is 0.224 e. The third kappa shape index (κ3) is 5.17. The predicted molar refractivity (Wildman–Crippen MR) is 117 cm³/mol. The number of pyridine rings is 1. The number of anilines is 1. The van der Waals surface area contributed by atoms with E-state index in [0.29, 0.717) is 18.4 Å². The number of piperidine rings is 2. The highest BCUT2D eigenvalue weighted by Gasteiger charge is 2.32. The molecule has 1 aromatic heterocycles. The Hall–Kier alpha value is -2.47. The van der Waals surface area contributed by atoms with Crippen molar-refractivity contribution in [2.75, 3.05) is 37.6 Å². The first-order valence-electron chi connectivity index (χ1n) is 11.1. The van der Waals surface area contributed by atoms with Crippen molar-refractivity contribution in [1.82, 2.24) is 15.2 Å². The van der Waals surface area contributed by atoms with E-state index in [9.17, 15) is 9.18 Å². The average Bonchev–Trinajstić information content (AvgIpc) is 2.80. The second-order valence-electron chi connectivity index (χ2n) is 8.39. The number of halogens is 1. The van der Waals surface area contributed by atoms with E-state index in [0.717, 1.165) is 58.3 Å². The van der Waals surface area contributed by atoms with Crippen LogP contribution in [0, 0.1) is 11.7 Å². The van der Waals surface area contributed by atoms with E-state index in [4.69, 9.17) is 0 Å². The van der Waals surface area contributed by atoms with Crippen molar-refractivity contribution in [3.05, 3.63) is 60.0 Å². The molecule has 4 rings (SSSR count). The molecule has 0 radical (unpaired) electrons. The van der Waals surface area contributed by atoms with Gasteiger partial charge in [0.1, 0.15) is 0 Å². The highest BCUT2D eigenvalue weighted by atomic mass is 19.1. The van der Waals surface area contributed by atoms with Crippen LogP contribution in [0.15, 0.2) is 48.7 Å². The zero-order chi connectivity index (χ0) is 20.8. The van der Waals surface area contributed by atoms with Gasteiger partial charge in [0.2, 0.25) is 5.91 Å². The maximum absolute atomic E-state index is 14.0. The van der Waals surface area contributed by atoms with Crippen LogP contribution in [0.25, 0.3) is 0 Å². The van der Waals surface area contributed by atoms with Crippen LogP contribution in [0.4, 0.5) is 10.2 Å². The van der Waals surface area contributed by atoms with E-state index >= 15 is 0 Å². The molecule has 6 heteroatoms. The van der Waals surface area contributed by atoms with Crippen molar-refractivity contribution in [1.29, 1.82) is 0 Å². The van der Waals surface area contributed by atoms with E-state index < -0.39 is 0 Å². The largest absolute Gasteiger partial charge is 0.355 e. The Morgan fingerprint density at radius 1 is 1.07 bits per heavy atom. The predicted octanol–water partition coefficient (Wildman–Crippen LogP) is 3.26. The van der Waals surface area contributed by atoms with E-state index in [-0.39, 0.29) is 17.6 Å². The molecule has 1 amide bonds. The SMILES string of the molecule is O=C(NCCc1ccccc1)[C@H]1CCCN(C2CCN(c3ncccc3F)CC2)C1. The molecule has 2 aliphatic heterocycles. The number of benzene rings is 1. The van der Waals surface area contributed by atoms with Gasteiger partial charge in [-0.25, -0.2) is 9.37 Å². The molecule has 3 heterocycles. The third-order valence-corrected chi connectivity index (χ3v) is 6.40. The number of hydrogen-bond donors (Lipinski definition) is 1. The van der Waals surface area contributed by atoms with Crippen molar-refractivity contribution in [3.8, 4) is 0 Å². The van der Waals surface area contributed by atoms with Crippen molar-refractivity contribution in [2.45, 2.75) is 38.1 Å². The van der Waals surface area contributed by atoms with Gasteiger partial charge in [-0.2, -0.15) is 0 Å². The summed E-state index contributed by atoms with van der Waals surface area (Å²) in [7, 11) is 0. The van der Waals surface area contributed by atoms with Crippen LogP contribution in [0.2, 0.25) is 0 Å². The molecule has 0 aliphatic carbocycles. The van der Waals surface area contributed by atoms with Crippen LogP contribution in [-0.2, 0) is 11.2 Å². The van der Waals surface area contributed by atoms with Crippen LogP contribution >= 0.6 is 0 Å². The van der Waals surface area contributed by atoms with E-state index in [1.54, 1.807) is 12.3 Å². The number of nitrogens with one attached hydrogen (secondary N) is 1. The molecule has 1 aromatic carbocycles. The molecule has 160 valence electrons. The van der Waals surface area contributed by atoms with Gasteiger partial charge in [-0.1, -0.05) is 30.3 Å². The summed E-state index contributed by atoms with van der Waals surface area (Å²) >= 11 is 0. The summed E-state index contributed by atoms with van der Waals surface area (Å²) in [5, 5.41) is 3.14. The zero-order valence-electron chi connectivity index (χ0n) is 17.5. The number of amides is 1. The van der Waals surface area contributed by atoms with Gasteiger partial charge in [0.15, 0.2) is 11.6 Å². The lowest BCUT2D eigenvalue weighted by atomic mass is 9.93. The highest BCUT2D eigenvalue weighted by molar-refractivity contribution is 5.79. The van der Waals surface area contributed by atoms with Crippen molar-refractivity contribution < 1.29 is 9.18 Å². The highest BCUT2D eigenvalue weighted by Crippen LogP contribution is 2.26. The lowest BCUT2D eigenvalue weighted by molar-refractivity contribution is -0.127. The molecular weight excluding hydrogens is 379 g/mol. The maximum Gasteiger partial charge on any atom is 0.224 e. The second kappa shape index (κ2) is 10.0. The molecule has 1 N–H and O–H groups in total. The van der Waals surface area contributed by atoms with Gasteiger partial charge in [0, 0.05) is 38.4 Å². The molecular formula is C24H31FN4O. The van der Waals surface area contributed by atoms with Crippen LogP contribution in [0.1, 0.15) is 31.2 Å². The quantitative estimate of drug-likeness (QED) is 0.794. The fourth-order valence-electron chi connectivity index (χ4n) is 4.72. The normalized spacial score (nSPS) is 20.8. The standard InChI is InChI=1S/C24H31FN4O/c25-22-9-4-13-26-23(22)28-16-11-21(12-17-28)29-15-5-8-20(18-29)24(30)27-14-10-19-6-2-1-3-7-19/h1-4,6-7,9,13,20-21H,5,8,10-12,14-18H2,(H,27,30)/t20-/m0/s1. The maximum atomic E-state index is 14.0. The molecule has 2 fully saturated rings. The van der Waals surface area contributed by atoms with Crippen LogP contribution in [0.3, 0.4) is 0 Å².